The molecular formula is C31H35N3O7S. The number of para-hydroxylation sites is 1. The van der Waals surface area contributed by atoms with Crippen LogP contribution in [0.2, 0.25) is 0 Å². The summed E-state index contributed by atoms with van der Waals surface area (Å²) in [6.45, 7) is 2.42. The van der Waals surface area contributed by atoms with Gasteiger partial charge in [0.1, 0.15) is 6.04 Å². The summed E-state index contributed by atoms with van der Waals surface area (Å²) in [6.07, 6.45) is 2.21. The summed E-state index contributed by atoms with van der Waals surface area (Å²) in [6, 6.07) is 15.9. The van der Waals surface area contributed by atoms with E-state index in [0.717, 1.165) is 28.4 Å². The Morgan fingerprint density at radius 1 is 0.905 bits per heavy atom. The summed E-state index contributed by atoms with van der Waals surface area (Å²) < 4.78 is 23.5. The highest BCUT2D eigenvalue weighted by atomic mass is 32.2. The average molecular weight is 594 g/mol. The SMILES string of the molecule is CCn1c2ccccc2c2cc(NC(=O)COC(=O)[C@H](CCSC)NC(=O)c3cc(OC)c(OC)c(OC)c3)ccc21. The van der Waals surface area contributed by atoms with Crippen molar-refractivity contribution in [1.29, 1.82) is 0 Å². The topological polar surface area (TPSA) is 117 Å². The first-order valence-corrected chi connectivity index (χ1v) is 14.8. The number of hydrogen-bond donors (Lipinski definition) is 2. The second kappa shape index (κ2) is 14.0. The molecule has 0 saturated heterocycles. The van der Waals surface area contributed by atoms with Gasteiger partial charge in [-0.15, -0.1) is 0 Å². The van der Waals surface area contributed by atoms with E-state index in [1.165, 1.54) is 45.2 Å². The van der Waals surface area contributed by atoms with Crippen molar-refractivity contribution in [2.45, 2.75) is 25.9 Å². The first kappa shape index (κ1) is 30.6. The normalized spacial score (nSPS) is 11.6. The number of nitrogens with zero attached hydrogens (tertiary/aromatic N) is 1. The van der Waals surface area contributed by atoms with Gasteiger partial charge in [0.15, 0.2) is 18.1 Å². The third kappa shape index (κ3) is 6.57. The van der Waals surface area contributed by atoms with Crippen molar-refractivity contribution in [3.05, 3.63) is 60.2 Å². The molecule has 11 heteroatoms. The van der Waals surface area contributed by atoms with Gasteiger partial charge in [-0.05, 0) is 61.8 Å². The van der Waals surface area contributed by atoms with E-state index in [4.69, 9.17) is 18.9 Å². The number of nitrogens with one attached hydrogen (secondary N) is 2. The van der Waals surface area contributed by atoms with Crippen LogP contribution in [0.5, 0.6) is 17.2 Å². The fourth-order valence-electron chi connectivity index (χ4n) is 4.84. The molecule has 222 valence electrons. The molecule has 0 saturated carbocycles. The van der Waals surface area contributed by atoms with Crippen LogP contribution in [0.3, 0.4) is 0 Å². The molecule has 0 aliphatic rings. The molecule has 0 bridgehead atoms. The van der Waals surface area contributed by atoms with Crippen molar-refractivity contribution in [3.63, 3.8) is 0 Å². The number of fused-ring (bicyclic) bond motifs is 3. The third-order valence-electron chi connectivity index (χ3n) is 6.85. The summed E-state index contributed by atoms with van der Waals surface area (Å²) in [5.74, 6) is -0.175. The maximum absolute atomic E-state index is 13.1. The monoisotopic (exact) mass is 593 g/mol. The lowest BCUT2D eigenvalue weighted by Gasteiger charge is -2.18. The van der Waals surface area contributed by atoms with Crippen LogP contribution in [0.4, 0.5) is 5.69 Å². The van der Waals surface area contributed by atoms with E-state index in [0.29, 0.717) is 35.1 Å². The lowest BCUT2D eigenvalue weighted by molar-refractivity contribution is -0.149. The molecule has 0 radical (unpaired) electrons. The van der Waals surface area contributed by atoms with Crippen LogP contribution < -0.4 is 24.8 Å². The highest BCUT2D eigenvalue weighted by molar-refractivity contribution is 7.98. The van der Waals surface area contributed by atoms with Crippen LogP contribution in [-0.4, -0.2) is 68.3 Å². The fraction of sp³-hybridized carbons (Fsp3) is 0.323. The van der Waals surface area contributed by atoms with Gasteiger partial charge in [0, 0.05) is 39.6 Å². The Bertz CT molecular complexity index is 1580. The van der Waals surface area contributed by atoms with Crippen LogP contribution in [0, 0.1) is 0 Å². The number of hydrogen-bond acceptors (Lipinski definition) is 8. The molecule has 1 atom stereocenters. The minimum Gasteiger partial charge on any atom is -0.493 e. The maximum Gasteiger partial charge on any atom is 0.329 e. The number of carbonyl (C=O) groups is 3. The molecule has 2 N–H and O–H groups in total. The fourth-order valence-corrected chi connectivity index (χ4v) is 5.32. The van der Waals surface area contributed by atoms with Gasteiger partial charge < -0.3 is 34.1 Å². The van der Waals surface area contributed by atoms with Gasteiger partial charge in [-0.1, -0.05) is 18.2 Å². The predicted octanol–water partition coefficient (Wildman–Crippen LogP) is 4.87. The molecule has 2 amide bonds. The van der Waals surface area contributed by atoms with Crippen LogP contribution in [0.15, 0.2) is 54.6 Å². The van der Waals surface area contributed by atoms with E-state index in [-0.39, 0.29) is 5.56 Å². The van der Waals surface area contributed by atoms with E-state index in [9.17, 15) is 14.4 Å². The Morgan fingerprint density at radius 3 is 2.24 bits per heavy atom. The number of thioether (sulfide) groups is 1. The second-order valence-electron chi connectivity index (χ2n) is 9.37. The maximum atomic E-state index is 13.1. The smallest absolute Gasteiger partial charge is 0.329 e. The molecule has 4 rings (SSSR count). The molecule has 4 aromatic rings. The summed E-state index contributed by atoms with van der Waals surface area (Å²) in [5.41, 5.74) is 3.00. The van der Waals surface area contributed by atoms with Gasteiger partial charge in [-0.2, -0.15) is 11.8 Å². The second-order valence-corrected chi connectivity index (χ2v) is 10.4. The Kier molecular flexibility index (Phi) is 10.2. The Balaban J connectivity index is 1.43. The van der Waals surface area contributed by atoms with E-state index >= 15 is 0 Å². The molecule has 0 unspecified atom stereocenters. The summed E-state index contributed by atoms with van der Waals surface area (Å²) in [7, 11) is 4.36. The van der Waals surface area contributed by atoms with Crippen LogP contribution in [0.25, 0.3) is 21.8 Å². The van der Waals surface area contributed by atoms with Crippen LogP contribution in [0.1, 0.15) is 23.7 Å². The van der Waals surface area contributed by atoms with E-state index in [1.54, 1.807) is 0 Å². The Hall–Kier alpha value is -4.38. The number of aryl methyl sites for hydroxylation is 1. The zero-order chi connectivity index (χ0) is 30.2. The summed E-state index contributed by atoms with van der Waals surface area (Å²) in [4.78, 5) is 38.8. The van der Waals surface area contributed by atoms with Gasteiger partial charge in [-0.25, -0.2) is 4.79 Å². The first-order valence-electron chi connectivity index (χ1n) is 13.4. The lowest BCUT2D eigenvalue weighted by Crippen LogP contribution is -2.43. The third-order valence-corrected chi connectivity index (χ3v) is 7.49. The molecule has 0 aliphatic heterocycles. The predicted molar refractivity (Wildman–Crippen MR) is 165 cm³/mol. The number of methoxy groups -OCH3 is 3. The minimum absolute atomic E-state index is 0.212. The van der Waals surface area contributed by atoms with E-state index in [2.05, 4.69) is 34.3 Å². The largest absolute Gasteiger partial charge is 0.493 e. The number of esters is 1. The number of ether oxygens (including phenoxy) is 4. The quantitative estimate of drug-likeness (QED) is 0.211. The number of carbonyl (C=O) groups excluding carboxylic acids is 3. The molecule has 42 heavy (non-hydrogen) atoms. The number of benzene rings is 3. The molecule has 10 nitrogen and oxygen atoms in total. The number of anilines is 1. The Labute approximate surface area is 248 Å². The molecule has 0 fully saturated rings. The van der Waals surface area contributed by atoms with Gasteiger partial charge in [-0.3, -0.25) is 9.59 Å². The number of aromatic nitrogens is 1. The molecular weight excluding hydrogens is 558 g/mol. The van der Waals surface area contributed by atoms with Gasteiger partial charge in [0.25, 0.3) is 11.8 Å². The number of rotatable bonds is 13. The van der Waals surface area contributed by atoms with Crippen molar-refractivity contribution < 1.29 is 33.3 Å². The lowest BCUT2D eigenvalue weighted by atomic mass is 10.1. The van der Waals surface area contributed by atoms with E-state index < -0.39 is 30.4 Å². The zero-order valence-electron chi connectivity index (χ0n) is 24.3. The van der Waals surface area contributed by atoms with Crippen LogP contribution >= 0.6 is 11.8 Å². The molecule has 3 aromatic carbocycles. The van der Waals surface area contributed by atoms with Crippen LogP contribution in [-0.2, 0) is 20.9 Å². The van der Waals surface area contributed by atoms with Crippen molar-refractivity contribution in [2.75, 3.05) is 45.3 Å². The minimum atomic E-state index is -0.964. The summed E-state index contributed by atoms with van der Waals surface area (Å²) >= 11 is 1.52. The average Bonchev–Trinajstić information content (AvgIpc) is 3.33. The molecule has 0 spiro atoms. The van der Waals surface area contributed by atoms with Crippen molar-refractivity contribution in [3.8, 4) is 17.2 Å². The highest BCUT2D eigenvalue weighted by Gasteiger charge is 2.25. The highest BCUT2D eigenvalue weighted by Crippen LogP contribution is 2.38. The standard InChI is InChI=1S/C31H35N3O7S/c1-6-34-24-10-8-7-9-21(24)22-17-20(11-12-25(22)34)32-28(35)18-41-31(37)23(13-14-42-5)33-30(36)19-15-26(38-2)29(40-4)27(16-19)39-3/h7-12,15-17,23H,6,13-14,18H2,1-5H3,(H,32,35)(H,33,36)/t23-/m0/s1. The van der Waals surface area contributed by atoms with Crippen molar-refractivity contribution >= 4 is 57.0 Å². The van der Waals surface area contributed by atoms with E-state index in [1.807, 2.05) is 36.6 Å². The van der Waals surface area contributed by atoms with Crippen molar-refractivity contribution in [2.24, 2.45) is 0 Å². The Morgan fingerprint density at radius 2 is 1.60 bits per heavy atom. The van der Waals surface area contributed by atoms with Gasteiger partial charge in [0.2, 0.25) is 5.75 Å². The molecule has 0 aliphatic carbocycles. The molecule has 1 heterocycles. The zero-order valence-corrected chi connectivity index (χ0v) is 25.1. The number of amides is 2. The van der Waals surface area contributed by atoms with Gasteiger partial charge >= 0.3 is 5.97 Å². The molecule has 1 aromatic heterocycles. The first-order chi connectivity index (χ1) is 20.3. The van der Waals surface area contributed by atoms with Gasteiger partial charge in [0.05, 0.1) is 21.3 Å². The van der Waals surface area contributed by atoms with Crippen molar-refractivity contribution in [1.82, 2.24) is 9.88 Å². The summed E-state index contributed by atoms with van der Waals surface area (Å²) in [5, 5.41) is 7.64.